The first-order valence-electron chi connectivity index (χ1n) is 5.23. The monoisotopic (exact) mass is 203 g/mol. The van der Waals surface area contributed by atoms with Crippen LogP contribution in [0.15, 0.2) is 17.2 Å². The minimum Gasteiger partial charge on any atom is -0.399 e. The van der Waals surface area contributed by atoms with Gasteiger partial charge in [0.05, 0.1) is 6.04 Å². The van der Waals surface area contributed by atoms with Gasteiger partial charge in [-0.15, -0.1) is 0 Å². The molecular weight excluding hydrogens is 186 g/mol. The molecule has 15 heavy (non-hydrogen) atoms. The van der Waals surface area contributed by atoms with Crippen LogP contribution in [0, 0.1) is 13.8 Å². The normalized spacial score (nSPS) is 19.9. The number of nitrogens with two attached hydrogens (primary N) is 1. The lowest BCUT2D eigenvalue weighted by Crippen LogP contribution is -2.12. The molecule has 0 amide bonds. The van der Waals surface area contributed by atoms with Crippen molar-refractivity contribution >= 4 is 11.4 Å². The van der Waals surface area contributed by atoms with E-state index in [2.05, 4.69) is 23.5 Å². The fourth-order valence-electron chi connectivity index (χ4n) is 1.99. The largest absolute Gasteiger partial charge is 0.399 e. The number of anilines is 1. The summed E-state index contributed by atoms with van der Waals surface area (Å²) >= 11 is 0. The number of hydrogen-bond acceptors (Lipinski definition) is 3. The average Bonchev–Trinajstić information content (AvgIpc) is 2.58. The third-order valence-electron chi connectivity index (χ3n) is 2.94. The van der Waals surface area contributed by atoms with Gasteiger partial charge >= 0.3 is 0 Å². The molecule has 0 saturated heterocycles. The van der Waals surface area contributed by atoms with Crippen molar-refractivity contribution in [3.05, 3.63) is 28.8 Å². The van der Waals surface area contributed by atoms with E-state index in [1.165, 1.54) is 11.1 Å². The molecule has 0 aliphatic carbocycles. The fraction of sp³-hybridized carbons (Fsp3) is 0.417. The van der Waals surface area contributed by atoms with Crippen LogP contribution in [-0.2, 0) is 0 Å². The summed E-state index contributed by atoms with van der Waals surface area (Å²) in [6.45, 7) is 6.19. The van der Waals surface area contributed by atoms with Crippen molar-refractivity contribution in [3.63, 3.8) is 0 Å². The standard InChI is InChI=1S/C12H17N3/c1-7-5-11(13)8(2)4-10(7)12-6-9(3)14-15-12/h4-5,12,15H,6,13H2,1-3H3. The molecule has 1 heterocycles. The first-order chi connectivity index (χ1) is 7.08. The van der Waals surface area contributed by atoms with Gasteiger partial charge < -0.3 is 11.2 Å². The van der Waals surface area contributed by atoms with E-state index in [0.29, 0.717) is 6.04 Å². The van der Waals surface area contributed by atoms with Crippen LogP contribution >= 0.6 is 0 Å². The summed E-state index contributed by atoms with van der Waals surface area (Å²) in [6, 6.07) is 4.53. The summed E-state index contributed by atoms with van der Waals surface area (Å²) in [5.41, 5.74) is 14.7. The maximum absolute atomic E-state index is 5.87. The van der Waals surface area contributed by atoms with Gasteiger partial charge in [-0.25, -0.2) is 0 Å². The predicted octanol–water partition coefficient (Wildman–Crippen LogP) is 2.30. The zero-order valence-electron chi connectivity index (χ0n) is 9.46. The van der Waals surface area contributed by atoms with Crippen molar-refractivity contribution in [2.75, 3.05) is 5.73 Å². The highest BCUT2D eigenvalue weighted by atomic mass is 15.3. The molecule has 3 nitrogen and oxygen atoms in total. The van der Waals surface area contributed by atoms with E-state index >= 15 is 0 Å². The Bertz CT molecular complexity index is 421. The highest BCUT2D eigenvalue weighted by molar-refractivity contribution is 5.84. The SMILES string of the molecule is CC1=NNC(c2cc(C)c(N)cc2C)C1. The third kappa shape index (κ3) is 1.82. The van der Waals surface area contributed by atoms with Gasteiger partial charge in [-0.1, -0.05) is 6.07 Å². The second-order valence-electron chi connectivity index (χ2n) is 4.30. The Morgan fingerprint density at radius 1 is 1.27 bits per heavy atom. The second kappa shape index (κ2) is 3.57. The Labute approximate surface area is 90.4 Å². The maximum Gasteiger partial charge on any atom is 0.0744 e. The van der Waals surface area contributed by atoms with E-state index < -0.39 is 0 Å². The molecule has 0 aromatic heterocycles. The average molecular weight is 203 g/mol. The van der Waals surface area contributed by atoms with Gasteiger partial charge in [0.15, 0.2) is 0 Å². The van der Waals surface area contributed by atoms with Crippen molar-refractivity contribution in [1.82, 2.24) is 5.43 Å². The topological polar surface area (TPSA) is 50.4 Å². The van der Waals surface area contributed by atoms with E-state index in [1.807, 2.05) is 19.9 Å². The minimum atomic E-state index is 0.323. The summed E-state index contributed by atoms with van der Waals surface area (Å²) in [5.74, 6) is 0. The lowest BCUT2D eigenvalue weighted by molar-refractivity contribution is 0.616. The maximum atomic E-state index is 5.87. The number of aryl methyl sites for hydroxylation is 2. The molecule has 0 saturated carbocycles. The Kier molecular flexibility index (Phi) is 2.39. The molecule has 0 bridgehead atoms. The molecule has 1 aliphatic rings. The van der Waals surface area contributed by atoms with Crippen molar-refractivity contribution in [2.45, 2.75) is 33.2 Å². The summed E-state index contributed by atoms with van der Waals surface area (Å²) in [5, 5.41) is 4.22. The van der Waals surface area contributed by atoms with E-state index in [-0.39, 0.29) is 0 Å². The van der Waals surface area contributed by atoms with Gasteiger partial charge in [0.1, 0.15) is 0 Å². The Morgan fingerprint density at radius 2 is 2.00 bits per heavy atom. The molecule has 0 spiro atoms. The van der Waals surface area contributed by atoms with Gasteiger partial charge in [-0.2, -0.15) is 5.10 Å². The smallest absolute Gasteiger partial charge is 0.0744 e. The van der Waals surface area contributed by atoms with Crippen LogP contribution in [0.5, 0.6) is 0 Å². The molecule has 1 aromatic rings. The number of nitrogens with one attached hydrogen (secondary N) is 1. The van der Waals surface area contributed by atoms with Crippen molar-refractivity contribution in [1.29, 1.82) is 0 Å². The number of rotatable bonds is 1. The Hall–Kier alpha value is -1.51. The van der Waals surface area contributed by atoms with E-state index in [4.69, 9.17) is 5.73 Å². The van der Waals surface area contributed by atoms with Gasteiger partial charge in [-0.3, -0.25) is 0 Å². The molecule has 1 atom stereocenters. The van der Waals surface area contributed by atoms with Crippen molar-refractivity contribution in [3.8, 4) is 0 Å². The van der Waals surface area contributed by atoms with Crippen LogP contribution in [0.3, 0.4) is 0 Å². The van der Waals surface area contributed by atoms with Crippen LogP contribution in [0.1, 0.15) is 36.1 Å². The predicted molar refractivity (Wildman–Crippen MR) is 63.9 cm³/mol. The van der Waals surface area contributed by atoms with Crippen LogP contribution in [0.2, 0.25) is 0 Å². The Balaban J connectivity index is 2.33. The van der Waals surface area contributed by atoms with Gasteiger partial charge in [0.25, 0.3) is 0 Å². The summed E-state index contributed by atoms with van der Waals surface area (Å²) in [4.78, 5) is 0. The molecule has 3 N–H and O–H groups in total. The zero-order valence-corrected chi connectivity index (χ0v) is 9.46. The highest BCUT2D eigenvalue weighted by Crippen LogP contribution is 2.27. The first kappa shape index (κ1) is 10.0. The van der Waals surface area contributed by atoms with E-state index in [1.54, 1.807) is 0 Å². The molecule has 1 aliphatic heterocycles. The summed E-state index contributed by atoms with van der Waals surface area (Å²) in [6.07, 6.45) is 0.990. The van der Waals surface area contributed by atoms with Gasteiger partial charge in [-0.05, 0) is 43.5 Å². The zero-order chi connectivity index (χ0) is 11.0. The highest BCUT2D eigenvalue weighted by Gasteiger charge is 2.19. The number of benzene rings is 1. The number of nitrogen functional groups attached to an aromatic ring is 1. The summed E-state index contributed by atoms with van der Waals surface area (Å²) in [7, 11) is 0. The molecule has 3 heteroatoms. The van der Waals surface area contributed by atoms with Crippen molar-refractivity contribution in [2.24, 2.45) is 5.10 Å². The van der Waals surface area contributed by atoms with Crippen molar-refractivity contribution < 1.29 is 0 Å². The molecule has 1 aromatic carbocycles. The lowest BCUT2D eigenvalue weighted by atomic mass is 9.96. The molecule has 1 unspecified atom stereocenters. The number of hydrogen-bond donors (Lipinski definition) is 2. The van der Waals surface area contributed by atoms with Crippen LogP contribution < -0.4 is 11.2 Å². The molecule has 0 fully saturated rings. The van der Waals surface area contributed by atoms with Crippen LogP contribution in [0.25, 0.3) is 0 Å². The fourth-order valence-corrected chi connectivity index (χ4v) is 1.99. The quantitative estimate of drug-likeness (QED) is 0.688. The van der Waals surface area contributed by atoms with E-state index in [0.717, 1.165) is 23.4 Å². The lowest BCUT2D eigenvalue weighted by Gasteiger charge is -2.15. The minimum absolute atomic E-state index is 0.323. The number of hydrazone groups is 1. The third-order valence-corrected chi connectivity index (χ3v) is 2.94. The molecule has 80 valence electrons. The molecule has 2 rings (SSSR count). The van der Waals surface area contributed by atoms with Crippen LogP contribution in [-0.4, -0.2) is 5.71 Å². The van der Waals surface area contributed by atoms with Crippen LogP contribution in [0.4, 0.5) is 5.69 Å². The Morgan fingerprint density at radius 3 is 2.60 bits per heavy atom. The summed E-state index contributed by atoms with van der Waals surface area (Å²) < 4.78 is 0. The second-order valence-corrected chi connectivity index (χ2v) is 4.30. The molecule has 0 radical (unpaired) electrons. The molecular formula is C12H17N3. The van der Waals surface area contributed by atoms with Gasteiger partial charge in [0, 0.05) is 17.8 Å². The number of nitrogens with zero attached hydrogens (tertiary/aromatic N) is 1. The van der Waals surface area contributed by atoms with E-state index in [9.17, 15) is 0 Å². The first-order valence-corrected chi connectivity index (χ1v) is 5.23. The van der Waals surface area contributed by atoms with Gasteiger partial charge in [0.2, 0.25) is 0 Å².